The maximum Gasteiger partial charge on any atom is 0.137 e. The quantitative estimate of drug-likeness (QED) is 0.484. The summed E-state index contributed by atoms with van der Waals surface area (Å²) in [7, 11) is 1.66. The Morgan fingerprint density at radius 2 is 1.91 bits per heavy atom. The molecule has 0 bridgehead atoms. The Bertz CT molecular complexity index is 1300. The molecule has 0 amide bonds. The van der Waals surface area contributed by atoms with Crippen molar-refractivity contribution in [3.8, 4) is 23.2 Å². The molecule has 1 aliphatic heterocycles. The minimum atomic E-state index is 0.285. The van der Waals surface area contributed by atoms with Crippen LogP contribution in [0.5, 0.6) is 5.75 Å². The molecule has 1 N–H and O–H groups in total. The van der Waals surface area contributed by atoms with Crippen LogP contribution >= 0.6 is 0 Å². The van der Waals surface area contributed by atoms with Crippen molar-refractivity contribution in [2.24, 2.45) is 0 Å². The van der Waals surface area contributed by atoms with Crippen molar-refractivity contribution in [1.82, 2.24) is 19.7 Å². The lowest BCUT2D eigenvalue weighted by Gasteiger charge is -2.24. The number of aromatic nitrogens is 4. The summed E-state index contributed by atoms with van der Waals surface area (Å²) in [5.41, 5.74) is 3.95. The average molecular weight is 441 g/mol. The van der Waals surface area contributed by atoms with E-state index in [1.54, 1.807) is 31.6 Å². The van der Waals surface area contributed by atoms with Gasteiger partial charge in [-0.1, -0.05) is 12.1 Å². The largest absolute Gasteiger partial charge is 0.497 e. The van der Waals surface area contributed by atoms with Crippen LogP contribution in [0, 0.1) is 11.3 Å². The van der Waals surface area contributed by atoms with E-state index in [0.717, 1.165) is 54.1 Å². The van der Waals surface area contributed by atoms with Gasteiger partial charge in [0.1, 0.15) is 17.3 Å². The molecule has 0 unspecified atom stereocenters. The molecule has 5 rings (SSSR count). The van der Waals surface area contributed by atoms with Gasteiger partial charge in [0, 0.05) is 31.6 Å². The zero-order chi connectivity index (χ0) is 22.6. The minimum Gasteiger partial charge on any atom is -0.497 e. The summed E-state index contributed by atoms with van der Waals surface area (Å²) in [4.78, 5) is 9.18. The van der Waals surface area contributed by atoms with Gasteiger partial charge < -0.3 is 14.8 Å². The third-order valence-electron chi connectivity index (χ3n) is 5.85. The van der Waals surface area contributed by atoms with Crippen molar-refractivity contribution in [2.45, 2.75) is 25.4 Å². The van der Waals surface area contributed by atoms with Gasteiger partial charge in [0.15, 0.2) is 0 Å². The summed E-state index contributed by atoms with van der Waals surface area (Å²) < 4.78 is 12.7. The Labute approximate surface area is 191 Å². The second kappa shape index (κ2) is 9.27. The first-order chi connectivity index (χ1) is 16.2. The van der Waals surface area contributed by atoms with Crippen LogP contribution in [0.25, 0.3) is 22.3 Å². The van der Waals surface area contributed by atoms with E-state index in [-0.39, 0.29) is 6.04 Å². The van der Waals surface area contributed by atoms with Gasteiger partial charge >= 0.3 is 0 Å². The fourth-order valence-corrected chi connectivity index (χ4v) is 4.10. The molecule has 1 aromatic carbocycles. The number of methoxy groups -OCH3 is 1. The third kappa shape index (κ3) is 4.36. The lowest BCUT2D eigenvalue weighted by Crippen LogP contribution is -2.28. The molecule has 0 aliphatic carbocycles. The number of rotatable bonds is 6. The van der Waals surface area contributed by atoms with Crippen LogP contribution in [0.3, 0.4) is 0 Å². The molecule has 1 saturated heterocycles. The fraction of sp³-hybridized carbons (Fsp3) is 0.280. The van der Waals surface area contributed by atoms with Crippen LogP contribution in [-0.4, -0.2) is 46.1 Å². The van der Waals surface area contributed by atoms with Gasteiger partial charge in [-0.15, -0.1) is 0 Å². The van der Waals surface area contributed by atoms with Crippen LogP contribution in [0.2, 0.25) is 0 Å². The Kier molecular flexibility index (Phi) is 5.87. The zero-order valence-corrected chi connectivity index (χ0v) is 18.4. The van der Waals surface area contributed by atoms with Gasteiger partial charge in [-0.3, -0.25) is 9.67 Å². The Hall–Kier alpha value is -3.96. The Morgan fingerprint density at radius 3 is 2.67 bits per heavy atom. The second-order valence-corrected chi connectivity index (χ2v) is 7.98. The van der Waals surface area contributed by atoms with Crippen molar-refractivity contribution in [1.29, 1.82) is 5.26 Å². The first kappa shape index (κ1) is 20.9. The maximum atomic E-state index is 9.39. The topological polar surface area (TPSA) is 97.9 Å². The lowest BCUT2D eigenvalue weighted by atomic mass is 10.1. The van der Waals surface area contributed by atoms with Gasteiger partial charge in [-0.2, -0.15) is 10.4 Å². The molecule has 0 spiro atoms. The first-order valence-electron chi connectivity index (χ1n) is 10.9. The molecule has 8 heteroatoms. The SMILES string of the molecule is COc1ccc(Cn2nc(-c3cc(C#N)ccn3)c3c(NC4CCOCC4)nccc32)cc1. The highest BCUT2D eigenvalue weighted by molar-refractivity contribution is 6.00. The fourth-order valence-electron chi connectivity index (χ4n) is 4.10. The predicted octanol–water partition coefficient (Wildman–Crippen LogP) is 4.01. The number of pyridine rings is 2. The summed E-state index contributed by atoms with van der Waals surface area (Å²) in [6, 6.07) is 15.9. The molecular formula is C25H24N6O2. The van der Waals surface area contributed by atoms with Crippen LogP contribution in [-0.2, 0) is 11.3 Å². The second-order valence-electron chi connectivity index (χ2n) is 7.98. The third-order valence-corrected chi connectivity index (χ3v) is 5.85. The van der Waals surface area contributed by atoms with E-state index in [9.17, 15) is 5.26 Å². The summed E-state index contributed by atoms with van der Waals surface area (Å²) in [5.74, 6) is 1.59. The lowest BCUT2D eigenvalue weighted by molar-refractivity contribution is 0.0904. The van der Waals surface area contributed by atoms with E-state index in [1.165, 1.54) is 0 Å². The standard InChI is InChI=1S/C25H24N6O2/c1-32-20-4-2-17(3-5-20)16-31-22-7-11-28-25(29-19-8-12-33-13-9-19)23(22)24(30-31)21-14-18(15-26)6-10-27-21/h2-7,10-11,14,19H,8-9,12-13,16H2,1H3,(H,28,29). The normalized spacial score (nSPS) is 14.2. The molecule has 33 heavy (non-hydrogen) atoms. The molecule has 0 atom stereocenters. The molecule has 0 saturated carbocycles. The van der Waals surface area contributed by atoms with Crippen LogP contribution in [0.4, 0.5) is 5.82 Å². The van der Waals surface area contributed by atoms with Gasteiger partial charge in [-0.05, 0) is 48.7 Å². The van der Waals surface area contributed by atoms with Gasteiger partial charge in [0.2, 0.25) is 0 Å². The Morgan fingerprint density at radius 1 is 1.12 bits per heavy atom. The molecule has 0 radical (unpaired) electrons. The van der Waals surface area contributed by atoms with Crippen molar-refractivity contribution >= 4 is 16.7 Å². The number of hydrogen-bond acceptors (Lipinski definition) is 7. The predicted molar refractivity (Wildman–Crippen MR) is 125 cm³/mol. The van der Waals surface area contributed by atoms with Crippen LogP contribution < -0.4 is 10.1 Å². The smallest absolute Gasteiger partial charge is 0.137 e. The number of nitriles is 1. The van der Waals surface area contributed by atoms with Crippen LogP contribution in [0.15, 0.2) is 54.9 Å². The highest BCUT2D eigenvalue weighted by Crippen LogP contribution is 2.33. The van der Waals surface area contributed by atoms with E-state index in [2.05, 4.69) is 21.4 Å². The molecule has 1 aliphatic rings. The van der Waals surface area contributed by atoms with Gasteiger partial charge in [0.25, 0.3) is 0 Å². The molecule has 4 heterocycles. The summed E-state index contributed by atoms with van der Waals surface area (Å²) in [6.45, 7) is 2.06. The summed E-state index contributed by atoms with van der Waals surface area (Å²) in [5, 5.41) is 18.8. The van der Waals surface area contributed by atoms with Gasteiger partial charge in [0.05, 0.1) is 41.9 Å². The Balaban J connectivity index is 1.61. The van der Waals surface area contributed by atoms with Crippen molar-refractivity contribution < 1.29 is 9.47 Å². The molecule has 3 aromatic heterocycles. The maximum absolute atomic E-state index is 9.39. The number of nitrogens with one attached hydrogen (secondary N) is 1. The molecule has 8 nitrogen and oxygen atoms in total. The number of ether oxygens (including phenoxy) is 2. The molecule has 1 fully saturated rings. The van der Waals surface area contributed by atoms with E-state index in [1.807, 2.05) is 35.0 Å². The number of benzene rings is 1. The van der Waals surface area contributed by atoms with Crippen molar-refractivity contribution in [2.75, 3.05) is 25.6 Å². The highest BCUT2D eigenvalue weighted by atomic mass is 16.5. The number of nitrogens with zero attached hydrogens (tertiary/aromatic N) is 5. The van der Waals surface area contributed by atoms with E-state index in [0.29, 0.717) is 23.5 Å². The van der Waals surface area contributed by atoms with E-state index < -0.39 is 0 Å². The number of hydrogen-bond donors (Lipinski definition) is 1. The summed E-state index contributed by atoms with van der Waals surface area (Å²) >= 11 is 0. The molecule has 166 valence electrons. The molecule has 4 aromatic rings. The van der Waals surface area contributed by atoms with Gasteiger partial charge in [-0.25, -0.2) is 4.98 Å². The van der Waals surface area contributed by atoms with Crippen molar-refractivity contribution in [3.63, 3.8) is 0 Å². The monoisotopic (exact) mass is 440 g/mol. The van der Waals surface area contributed by atoms with E-state index >= 15 is 0 Å². The first-order valence-corrected chi connectivity index (χ1v) is 10.9. The van der Waals surface area contributed by atoms with Crippen molar-refractivity contribution in [3.05, 3.63) is 66.0 Å². The number of anilines is 1. The minimum absolute atomic E-state index is 0.285. The highest BCUT2D eigenvalue weighted by Gasteiger charge is 2.21. The summed E-state index contributed by atoms with van der Waals surface area (Å²) in [6.07, 6.45) is 5.30. The molecular weight excluding hydrogens is 416 g/mol. The average Bonchev–Trinajstić information content (AvgIpc) is 3.24. The van der Waals surface area contributed by atoms with E-state index in [4.69, 9.17) is 14.6 Å². The number of fused-ring (bicyclic) bond motifs is 1. The van der Waals surface area contributed by atoms with Crippen LogP contribution in [0.1, 0.15) is 24.0 Å². The zero-order valence-electron chi connectivity index (χ0n) is 18.4.